The van der Waals surface area contributed by atoms with Gasteiger partial charge in [0.2, 0.25) is 11.6 Å². The lowest BCUT2D eigenvalue weighted by atomic mass is 10.1. The van der Waals surface area contributed by atoms with Crippen LogP contribution in [0.1, 0.15) is 22.8 Å². The van der Waals surface area contributed by atoms with Gasteiger partial charge in [0.1, 0.15) is 5.75 Å². The summed E-state index contributed by atoms with van der Waals surface area (Å²) < 4.78 is 34.7. The number of nitrogens with two attached hydrogens (primary N) is 1. The van der Waals surface area contributed by atoms with Crippen molar-refractivity contribution in [2.24, 2.45) is 10.7 Å². The predicted molar refractivity (Wildman–Crippen MR) is 106 cm³/mol. The van der Waals surface area contributed by atoms with E-state index in [9.17, 15) is 28.1 Å². The molecule has 0 aliphatic carbocycles. The van der Waals surface area contributed by atoms with E-state index < -0.39 is 49.4 Å². The summed E-state index contributed by atoms with van der Waals surface area (Å²) in [5.74, 6) is -3.31. The molecule has 0 radical (unpaired) electrons. The second kappa shape index (κ2) is 9.41. The normalized spacial score (nSPS) is 16.1. The zero-order valence-corrected chi connectivity index (χ0v) is 17.8. The molecule has 0 bridgehead atoms. The standard InChI is InChI=1S/C17H17N5O9S/c1-4-30-16(24)12-13(22(25)26)15(21(29-2)17(20-12)32(3,27)28)31-10-6-5-9(8-18)11(7-10)14(19)23/h5-7,17H,4H2,1-3H3,(H2,19,23). The first-order valence-corrected chi connectivity index (χ1v) is 10.6. The van der Waals surface area contributed by atoms with Crippen LogP contribution < -0.4 is 10.5 Å². The summed E-state index contributed by atoms with van der Waals surface area (Å²) in [5.41, 5.74) is 0.989. The summed E-state index contributed by atoms with van der Waals surface area (Å²) in [5, 5.41) is 21.4. The highest BCUT2D eigenvalue weighted by Gasteiger charge is 2.47. The molecule has 0 spiro atoms. The predicted octanol–water partition coefficient (Wildman–Crippen LogP) is -0.309. The zero-order valence-electron chi connectivity index (χ0n) is 17.0. The SMILES string of the molecule is CCOC(=O)C1=NC(S(C)(=O)=O)N(OC)C(Oc2ccc(C#N)c(C(N)=O)c2)=C1[N+](=O)[O-]. The fourth-order valence-electron chi connectivity index (χ4n) is 2.58. The number of hydrogen-bond acceptors (Lipinski definition) is 12. The summed E-state index contributed by atoms with van der Waals surface area (Å²) in [7, 11) is -3.13. The molecule has 0 saturated carbocycles. The molecule has 32 heavy (non-hydrogen) atoms. The van der Waals surface area contributed by atoms with Crippen LogP contribution in [0.15, 0.2) is 34.8 Å². The minimum Gasteiger partial charge on any atom is -0.461 e. The largest absolute Gasteiger partial charge is 0.461 e. The molecular weight excluding hydrogens is 450 g/mol. The number of hydroxylamine groups is 2. The molecule has 0 aromatic heterocycles. The van der Waals surface area contributed by atoms with E-state index in [1.54, 1.807) is 6.07 Å². The average Bonchev–Trinajstić information content (AvgIpc) is 2.71. The van der Waals surface area contributed by atoms with E-state index in [1.165, 1.54) is 13.0 Å². The van der Waals surface area contributed by atoms with Gasteiger partial charge in [-0.2, -0.15) is 10.3 Å². The number of aliphatic imine (C=N–C) groups is 1. The Morgan fingerprint density at radius 2 is 2.06 bits per heavy atom. The molecule has 1 aliphatic heterocycles. The summed E-state index contributed by atoms with van der Waals surface area (Å²) in [6.45, 7) is 1.26. The molecule has 1 atom stereocenters. The van der Waals surface area contributed by atoms with E-state index in [2.05, 4.69) is 4.99 Å². The molecule has 1 amide bonds. The Morgan fingerprint density at radius 1 is 1.41 bits per heavy atom. The first-order chi connectivity index (χ1) is 15.0. The molecular formula is C17H17N5O9S. The maximum Gasteiger partial charge on any atom is 0.364 e. The Morgan fingerprint density at radius 3 is 2.53 bits per heavy atom. The minimum absolute atomic E-state index is 0.0941. The summed E-state index contributed by atoms with van der Waals surface area (Å²) in [6.07, 6.45) is 0.762. The van der Waals surface area contributed by atoms with Crippen molar-refractivity contribution in [1.29, 1.82) is 5.26 Å². The number of amides is 1. The maximum absolute atomic E-state index is 12.3. The van der Waals surface area contributed by atoms with E-state index in [4.69, 9.17) is 25.3 Å². The Kier molecular flexibility index (Phi) is 7.13. The Balaban J connectivity index is 2.77. The summed E-state index contributed by atoms with van der Waals surface area (Å²) in [6, 6.07) is 5.10. The van der Waals surface area contributed by atoms with E-state index in [0.717, 1.165) is 25.5 Å². The van der Waals surface area contributed by atoms with Gasteiger partial charge in [0.25, 0.3) is 5.50 Å². The first kappa shape index (κ1) is 24.2. The van der Waals surface area contributed by atoms with Gasteiger partial charge in [0.15, 0.2) is 9.84 Å². The Labute approximate surface area is 181 Å². The lowest BCUT2D eigenvalue weighted by molar-refractivity contribution is -0.421. The monoisotopic (exact) mass is 467 g/mol. The van der Waals surface area contributed by atoms with E-state index >= 15 is 0 Å². The molecule has 1 aromatic rings. The van der Waals surface area contributed by atoms with Crippen LogP contribution in [0.3, 0.4) is 0 Å². The van der Waals surface area contributed by atoms with Crippen LogP contribution in [0.5, 0.6) is 5.75 Å². The van der Waals surface area contributed by atoms with Gasteiger partial charge in [-0.15, -0.1) is 0 Å². The molecule has 1 heterocycles. The molecule has 1 unspecified atom stereocenters. The van der Waals surface area contributed by atoms with Crippen LogP contribution in [-0.2, 0) is 24.2 Å². The van der Waals surface area contributed by atoms with E-state index in [1.807, 2.05) is 0 Å². The number of hydrogen-bond donors (Lipinski definition) is 1. The molecule has 14 nitrogen and oxygen atoms in total. The molecule has 1 aromatic carbocycles. The molecule has 15 heteroatoms. The van der Waals surface area contributed by atoms with Crippen LogP contribution in [-0.4, -0.2) is 61.5 Å². The van der Waals surface area contributed by atoms with Crippen LogP contribution >= 0.6 is 0 Å². The van der Waals surface area contributed by atoms with Gasteiger partial charge in [-0.05, 0) is 25.1 Å². The van der Waals surface area contributed by atoms with Crippen molar-refractivity contribution in [3.63, 3.8) is 0 Å². The van der Waals surface area contributed by atoms with Gasteiger partial charge in [0, 0.05) is 6.26 Å². The third-order valence-corrected chi connectivity index (χ3v) is 4.95. The number of nitrogens with zero attached hydrogens (tertiary/aromatic N) is 4. The van der Waals surface area contributed by atoms with Crippen molar-refractivity contribution in [1.82, 2.24) is 5.06 Å². The highest BCUT2D eigenvalue weighted by Crippen LogP contribution is 2.29. The number of sulfone groups is 1. The van der Waals surface area contributed by atoms with Crippen molar-refractivity contribution >= 4 is 27.4 Å². The topological polar surface area (TPSA) is 205 Å². The van der Waals surface area contributed by atoms with Gasteiger partial charge in [0.05, 0.1) is 35.8 Å². The number of rotatable bonds is 8. The summed E-state index contributed by atoms with van der Waals surface area (Å²) in [4.78, 5) is 43.3. The van der Waals surface area contributed by atoms with Gasteiger partial charge >= 0.3 is 17.5 Å². The van der Waals surface area contributed by atoms with Gasteiger partial charge < -0.3 is 15.2 Å². The van der Waals surface area contributed by atoms with Gasteiger partial charge in [-0.1, -0.05) is 0 Å². The first-order valence-electron chi connectivity index (χ1n) is 8.64. The Bertz CT molecular complexity index is 1180. The molecule has 0 saturated heterocycles. The molecule has 0 fully saturated rings. The zero-order chi connectivity index (χ0) is 24.2. The second-order valence-electron chi connectivity index (χ2n) is 6.06. The minimum atomic E-state index is -4.12. The number of primary amides is 1. The quantitative estimate of drug-likeness (QED) is 0.298. The van der Waals surface area contributed by atoms with Crippen LogP contribution in [0.25, 0.3) is 0 Å². The second-order valence-corrected chi connectivity index (χ2v) is 8.14. The number of nitriles is 1. The van der Waals surface area contributed by atoms with Crippen molar-refractivity contribution in [3.8, 4) is 11.8 Å². The van der Waals surface area contributed by atoms with Crippen LogP contribution in [0, 0.1) is 21.4 Å². The molecule has 2 rings (SSSR count). The fraction of sp³-hybridized carbons (Fsp3) is 0.294. The van der Waals surface area contributed by atoms with Crippen molar-refractivity contribution in [2.75, 3.05) is 20.0 Å². The lowest BCUT2D eigenvalue weighted by Crippen LogP contribution is -2.47. The maximum atomic E-state index is 12.3. The smallest absolute Gasteiger partial charge is 0.364 e. The third kappa shape index (κ3) is 4.82. The van der Waals surface area contributed by atoms with Crippen LogP contribution in [0.2, 0.25) is 0 Å². The van der Waals surface area contributed by atoms with Crippen molar-refractivity contribution < 1.29 is 37.2 Å². The van der Waals surface area contributed by atoms with E-state index in [0.29, 0.717) is 5.06 Å². The average molecular weight is 467 g/mol. The number of nitro groups is 1. The van der Waals surface area contributed by atoms with E-state index in [-0.39, 0.29) is 23.5 Å². The van der Waals surface area contributed by atoms with Gasteiger partial charge in [-0.3, -0.25) is 19.7 Å². The molecule has 2 N–H and O–H groups in total. The summed E-state index contributed by atoms with van der Waals surface area (Å²) >= 11 is 0. The number of ether oxygens (including phenoxy) is 2. The van der Waals surface area contributed by atoms with Crippen molar-refractivity contribution in [2.45, 2.75) is 12.4 Å². The molecule has 170 valence electrons. The fourth-order valence-corrected chi connectivity index (χ4v) is 3.41. The van der Waals surface area contributed by atoms with Gasteiger partial charge in [-0.25, -0.2) is 18.2 Å². The highest BCUT2D eigenvalue weighted by atomic mass is 32.2. The lowest BCUT2D eigenvalue weighted by Gasteiger charge is -2.30. The number of benzene rings is 1. The molecule has 1 aliphatic rings. The number of esters is 1. The number of carbonyl (C=O) groups is 2. The third-order valence-electron chi connectivity index (χ3n) is 3.89. The van der Waals surface area contributed by atoms with Crippen molar-refractivity contribution in [3.05, 3.63) is 51.0 Å². The Hall–Kier alpha value is -4.03. The van der Waals surface area contributed by atoms with Crippen LogP contribution in [0.4, 0.5) is 0 Å². The number of carbonyl (C=O) groups excluding carboxylic acids is 2. The highest BCUT2D eigenvalue weighted by molar-refractivity contribution is 7.91.